The van der Waals surface area contributed by atoms with Crippen molar-refractivity contribution in [3.63, 3.8) is 0 Å². The SMILES string of the molecule is BC(B)(B)N[C@H](C)C(=O)c1ccc2c(c1)OC(B)(O)O2. The van der Waals surface area contributed by atoms with E-state index in [0.717, 1.165) is 0 Å². The van der Waals surface area contributed by atoms with Gasteiger partial charge in [-0.15, -0.1) is 0 Å². The number of ketones is 1. The van der Waals surface area contributed by atoms with Crippen molar-refractivity contribution >= 4 is 37.2 Å². The van der Waals surface area contributed by atoms with Crippen molar-refractivity contribution in [2.75, 3.05) is 0 Å². The third-order valence-electron chi connectivity index (χ3n) is 2.87. The van der Waals surface area contributed by atoms with E-state index in [2.05, 4.69) is 5.32 Å². The Labute approximate surface area is 122 Å². The van der Waals surface area contributed by atoms with Gasteiger partial charge in [-0.05, 0) is 25.1 Å². The Hall–Kier alpha value is -1.33. The normalized spacial score (nSPS) is 22.5. The maximum absolute atomic E-state index is 12.4. The second kappa shape index (κ2) is 4.90. The molecule has 0 spiro atoms. The molecule has 0 aromatic heterocycles. The fraction of sp³-hybridized carbons (Fsp3) is 0.364. The molecule has 0 saturated heterocycles. The average Bonchev–Trinajstić information content (AvgIpc) is 2.58. The Morgan fingerprint density at radius 1 is 1.35 bits per heavy atom. The van der Waals surface area contributed by atoms with E-state index >= 15 is 0 Å². The molecular formula is C11H17B4NO4. The third kappa shape index (κ3) is 3.41. The molecule has 0 radical (unpaired) electrons. The van der Waals surface area contributed by atoms with E-state index in [9.17, 15) is 9.90 Å². The topological polar surface area (TPSA) is 67.8 Å². The smallest absolute Gasteiger partial charge is 0.310 e. The van der Waals surface area contributed by atoms with Gasteiger partial charge in [0.1, 0.15) is 23.5 Å². The van der Waals surface area contributed by atoms with E-state index in [1.165, 1.54) is 7.85 Å². The number of aliphatic hydroxyl groups is 1. The molecule has 0 saturated carbocycles. The predicted octanol–water partition coefficient (Wildman–Crippen LogP) is -3.63. The lowest BCUT2D eigenvalue weighted by molar-refractivity contribution is -0.178. The van der Waals surface area contributed by atoms with Crippen molar-refractivity contribution in [2.45, 2.75) is 24.1 Å². The maximum atomic E-state index is 12.4. The lowest BCUT2D eigenvalue weighted by atomic mass is 9.49. The van der Waals surface area contributed by atoms with Gasteiger partial charge in [-0.2, -0.15) is 0 Å². The number of hydrogen-bond donors (Lipinski definition) is 2. The zero-order valence-corrected chi connectivity index (χ0v) is 12.5. The fourth-order valence-corrected chi connectivity index (χ4v) is 2.22. The minimum absolute atomic E-state index is 0.0298. The minimum Gasteiger partial charge on any atom is -0.435 e. The Kier molecular flexibility index (Phi) is 3.69. The first kappa shape index (κ1) is 15.1. The molecule has 1 unspecified atom stereocenters. The Morgan fingerprint density at radius 2 is 1.95 bits per heavy atom. The first-order valence-electron chi connectivity index (χ1n) is 6.64. The number of nitrogens with one attached hydrogen (secondary N) is 1. The highest BCUT2D eigenvalue weighted by molar-refractivity contribution is 6.59. The second-order valence-corrected chi connectivity index (χ2v) is 6.24. The molecule has 1 aromatic rings. The molecule has 20 heavy (non-hydrogen) atoms. The zero-order chi connectivity index (χ0) is 15.1. The van der Waals surface area contributed by atoms with Crippen LogP contribution in [0, 0.1) is 0 Å². The lowest BCUT2D eigenvalue weighted by Gasteiger charge is -2.25. The lowest BCUT2D eigenvalue weighted by Crippen LogP contribution is -2.53. The number of ether oxygens (including phenoxy) is 2. The van der Waals surface area contributed by atoms with Gasteiger partial charge in [-0.3, -0.25) is 4.79 Å². The fourth-order valence-electron chi connectivity index (χ4n) is 2.22. The van der Waals surface area contributed by atoms with Crippen LogP contribution in [0.1, 0.15) is 17.3 Å². The summed E-state index contributed by atoms with van der Waals surface area (Å²) in [6.45, 7) is 1.83. The molecule has 2 N–H and O–H groups in total. The summed E-state index contributed by atoms with van der Waals surface area (Å²) in [5.41, 5.74) is 0.523. The largest absolute Gasteiger partial charge is 0.435 e. The molecule has 1 aromatic carbocycles. The van der Waals surface area contributed by atoms with E-state index < -0.39 is 5.87 Å². The maximum Gasteiger partial charge on any atom is 0.310 e. The first-order chi connectivity index (χ1) is 9.07. The summed E-state index contributed by atoms with van der Waals surface area (Å²) in [7, 11) is 7.42. The van der Waals surface area contributed by atoms with Crippen molar-refractivity contribution in [1.82, 2.24) is 5.32 Å². The van der Waals surface area contributed by atoms with Crippen LogP contribution in [0.25, 0.3) is 0 Å². The summed E-state index contributed by atoms with van der Waals surface area (Å²) in [6, 6.07) is 4.59. The van der Waals surface area contributed by atoms with E-state index in [1.54, 1.807) is 18.2 Å². The van der Waals surface area contributed by atoms with Gasteiger partial charge in [0.25, 0.3) is 7.85 Å². The molecule has 0 aliphatic carbocycles. The summed E-state index contributed by atoms with van der Waals surface area (Å²) >= 11 is 0. The molecule has 1 aliphatic rings. The molecule has 1 heterocycles. The van der Waals surface area contributed by atoms with E-state index in [1.807, 2.05) is 30.5 Å². The molecule has 2 rings (SSSR count). The second-order valence-electron chi connectivity index (χ2n) is 6.24. The number of rotatable bonds is 4. The first-order valence-corrected chi connectivity index (χ1v) is 6.64. The Morgan fingerprint density at radius 3 is 2.55 bits per heavy atom. The quantitative estimate of drug-likeness (QED) is 0.437. The highest BCUT2D eigenvalue weighted by Crippen LogP contribution is 2.37. The van der Waals surface area contributed by atoms with Crippen LogP contribution in [-0.2, 0) is 0 Å². The Bertz CT molecular complexity index is 544. The number of Topliss-reactive ketones (excluding diaryl/α,β-unsaturated/α-hetero) is 1. The molecule has 1 aliphatic heterocycles. The van der Waals surface area contributed by atoms with E-state index in [0.29, 0.717) is 17.1 Å². The molecule has 0 bridgehead atoms. The molecular weight excluding hydrogens is 253 g/mol. The molecule has 0 amide bonds. The van der Waals surface area contributed by atoms with Crippen molar-refractivity contribution in [2.24, 2.45) is 0 Å². The van der Waals surface area contributed by atoms with E-state index in [4.69, 9.17) is 9.47 Å². The summed E-state index contributed by atoms with van der Waals surface area (Å²) in [5.74, 6) is -0.885. The van der Waals surface area contributed by atoms with Crippen LogP contribution in [0.3, 0.4) is 0 Å². The van der Waals surface area contributed by atoms with Crippen LogP contribution >= 0.6 is 0 Å². The molecule has 5 nitrogen and oxygen atoms in total. The number of carbonyl (C=O) groups excluding carboxylic acids is 1. The minimum atomic E-state index is -1.67. The van der Waals surface area contributed by atoms with Crippen LogP contribution < -0.4 is 14.8 Å². The van der Waals surface area contributed by atoms with E-state index in [-0.39, 0.29) is 17.1 Å². The van der Waals surface area contributed by atoms with Crippen LogP contribution in [0.15, 0.2) is 18.2 Å². The molecule has 9 heteroatoms. The van der Waals surface area contributed by atoms with Gasteiger partial charge in [-0.1, -0.05) is 5.24 Å². The van der Waals surface area contributed by atoms with Gasteiger partial charge in [0.05, 0.1) is 6.04 Å². The monoisotopic (exact) mass is 271 g/mol. The zero-order valence-electron chi connectivity index (χ0n) is 12.5. The van der Waals surface area contributed by atoms with Gasteiger partial charge in [0, 0.05) is 5.56 Å². The highest BCUT2D eigenvalue weighted by Gasteiger charge is 2.34. The third-order valence-corrected chi connectivity index (χ3v) is 2.87. The molecule has 0 fully saturated rings. The van der Waals surface area contributed by atoms with Gasteiger partial charge in [0.2, 0.25) is 0 Å². The number of hydrogen-bond acceptors (Lipinski definition) is 5. The highest BCUT2D eigenvalue weighted by atomic mass is 16.8. The van der Waals surface area contributed by atoms with Gasteiger partial charge < -0.3 is 19.9 Å². The summed E-state index contributed by atoms with van der Waals surface area (Å²) < 4.78 is 10.4. The van der Waals surface area contributed by atoms with Crippen molar-refractivity contribution in [1.29, 1.82) is 0 Å². The summed E-state index contributed by atoms with van der Waals surface area (Å²) in [6.07, 6.45) is 0. The standard InChI is InChI=1S/C11H17B4NO4/c1-5(16-10(12,13)14)9(17)6-2-3-7-8(4-6)20-11(15,18)19-7/h2-5,16,18H,12-15H2,1H3/t5-,11?/m1/s1. The average molecular weight is 271 g/mol. The van der Waals surface area contributed by atoms with Crippen molar-refractivity contribution in [3.8, 4) is 11.5 Å². The molecule has 2 atom stereocenters. The van der Waals surface area contributed by atoms with Crippen molar-refractivity contribution in [3.05, 3.63) is 23.8 Å². The number of carbonyl (C=O) groups is 1. The van der Waals surface area contributed by atoms with Gasteiger partial charge >= 0.3 is 5.87 Å². The molecule has 102 valence electrons. The van der Waals surface area contributed by atoms with Crippen LogP contribution in [0.4, 0.5) is 0 Å². The summed E-state index contributed by atoms with van der Waals surface area (Å²) in [4.78, 5) is 12.4. The van der Waals surface area contributed by atoms with Gasteiger partial charge in [0.15, 0.2) is 17.3 Å². The number of benzene rings is 1. The van der Waals surface area contributed by atoms with Crippen molar-refractivity contribution < 1.29 is 19.4 Å². The van der Waals surface area contributed by atoms with Crippen LogP contribution in [-0.4, -0.2) is 59.4 Å². The predicted molar refractivity (Wildman–Crippen MR) is 86.5 cm³/mol. The Balaban J connectivity index is 2.17. The number of fused-ring (bicyclic) bond motifs is 1. The van der Waals surface area contributed by atoms with Crippen LogP contribution in [0.2, 0.25) is 0 Å². The van der Waals surface area contributed by atoms with Gasteiger partial charge in [-0.25, -0.2) is 0 Å². The van der Waals surface area contributed by atoms with Crippen LogP contribution in [0.5, 0.6) is 11.5 Å². The summed E-state index contributed by atoms with van der Waals surface area (Å²) in [5, 5.41) is 12.8.